The summed E-state index contributed by atoms with van der Waals surface area (Å²) < 4.78 is 11.3. The molecule has 0 radical (unpaired) electrons. The Morgan fingerprint density at radius 1 is 1.37 bits per heavy atom. The van der Waals surface area contributed by atoms with Crippen LogP contribution in [0.2, 0.25) is 0 Å². The molecule has 1 aliphatic carbocycles. The van der Waals surface area contributed by atoms with E-state index >= 15 is 0 Å². The van der Waals surface area contributed by atoms with Crippen molar-refractivity contribution in [3.63, 3.8) is 0 Å². The van der Waals surface area contributed by atoms with Crippen molar-refractivity contribution in [2.75, 3.05) is 20.7 Å². The molecule has 2 rings (SSSR count). The van der Waals surface area contributed by atoms with Gasteiger partial charge in [-0.15, -0.1) is 0 Å². The molecule has 0 spiro atoms. The first kappa shape index (κ1) is 20.3. The average molecular weight is 371 g/mol. The van der Waals surface area contributed by atoms with E-state index in [-0.39, 0.29) is 23.4 Å². The molecule has 1 fully saturated rings. The smallest absolute Gasteiger partial charge is 0.262 e. The summed E-state index contributed by atoms with van der Waals surface area (Å²) in [7, 11) is 3.32. The fourth-order valence-corrected chi connectivity index (χ4v) is 2.39. The number of hydrogen-bond acceptors (Lipinski definition) is 5. The summed E-state index contributed by atoms with van der Waals surface area (Å²) in [6.45, 7) is 3.92. The van der Waals surface area contributed by atoms with Crippen molar-refractivity contribution >= 4 is 17.9 Å². The van der Waals surface area contributed by atoms with Crippen LogP contribution in [0.5, 0.6) is 11.5 Å². The molecule has 2 amide bonds. The molecule has 0 bridgehead atoms. The first-order valence-electron chi connectivity index (χ1n) is 8.93. The summed E-state index contributed by atoms with van der Waals surface area (Å²) in [5.41, 5.74) is 0.675. The fourth-order valence-electron chi connectivity index (χ4n) is 2.39. The minimum absolute atomic E-state index is 0.0363. The number of rotatable bonds is 8. The molecule has 27 heavy (non-hydrogen) atoms. The molecule has 0 saturated heterocycles. The zero-order valence-electron chi connectivity index (χ0n) is 16.1. The van der Waals surface area contributed by atoms with Gasteiger partial charge in [0.1, 0.15) is 11.6 Å². The maximum atomic E-state index is 12.1. The Labute approximate surface area is 159 Å². The van der Waals surface area contributed by atoms with Crippen LogP contribution < -0.4 is 14.8 Å². The minimum atomic E-state index is -0.667. The van der Waals surface area contributed by atoms with Crippen LogP contribution in [0.4, 0.5) is 0 Å². The van der Waals surface area contributed by atoms with Crippen molar-refractivity contribution in [2.45, 2.75) is 38.8 Å². The highest BCUT2D eigenvalue weighted by molar-refractivity contribution is 6.02. The highest BCUT2D eigenvalue weighted by Gasteiger charge is 2.25. The summed E-state index contributed by atoms with van der Waals surface area (Å²) in [5, 5.41) is 12.1. The van der Waals surface area contributed by atoms with E-state index in [0.29, 0.717) is 23.7 Å². The zero-order chi connectivity index (χ0) is 20.0. The van der Waals surface area contributed by atoms with Gasteiger partial charge in [-0.1, -0.05) is 6.07 Å². The predicted molar refractivity (Wildman–Crippen MR) is 101 cm³/mol. The van der Waals surface area contributed by atoms with Crippen molar-refractivity contribution in [1.29, 1.82) is 5.26 Å². The first-order valence-corrected chi connectivity index (χ1v) is 8.93. The molecule has 0 unspecified atom stereocenters. The molecular weight excluding hydrogens is 346 g/mol. The van der Waals surface area contributed by atoms with Crippen molar-refractivity contribution in [1.82, 2.24) is 10.2 Å². The molecule has 1 saturated carbocycles. The minimum Gasteiger partial charge on any atom is -0.490 e. The lowest BCUT2D eigenvalue weighted by Crippen LogP contribution is -2.35. The van der Waals surface area contributed by atoms with Crippen LogP contribution in [0.3, 0.4) is 0 Å². The predicted octanol–water partition coefficient (Wildman–Crippen LogP) is 2.13. The van der Waals surface area contributed by atoms with Crippen LogP contribution in [-0.2, 0) is 9.59 Å². The van der Waals surface area contributed by atoms with Crippen LogP contribution in [0.15, 0.2) is 23.8 Å². The van der Waals surface area contributed by atoms with Crippen LogP contribution in [0, 0.1) is 11.3 Å². The van der Waals surface area contributed by atoms with Gasteiger partial charge in [0.15, 0.2) is 17.6 Å². The molecule has 1 aromatic rings. The molecule has 1 aliphatic rings. The van der Waals surface area contributed by atoms with E-state index in [0.717, 1.165) is 12.8 Å². The molecule has 0 heterocycles. The Morgan fingerprint density at radius 3 is 2.63 bits per heavy atom. The molecule has 0 aromatic heterocycles. The SMILES string of the molecule is CCOc1cc(/C=C(\C#N)C(=O)NC2CC2)ccc1O[C@@H](C)C(=O)N(C)C. The normalized spacial score (nSPS) is 14.7. The molecule has 7 nitrogen and oxygen atoms in total. The standard InChI is InChI=1S/C20H25N3O4/c1-5-26-18-11-14(10-15(12-21)19(24)22-16-7-8-16)6-9-17(18)27-13(2)20(25)23(3)4/h6,9-11,13,16H,5,7-8H2,1-4H3,(H,22,24)/b15-10+/t13-/m0/s1. The van der Waals surface area contributed by atoms with Crippen LogP contribution >= 0.6 is 0 Å². The van der Waals surface area contributed by atoms with E-state index in [9.17, 15) is 14.9 Å². The van der Waals surface area contributed by atoms with E-state index in [1.807, 2.05) is 13.0 Å². The quantitative estimate of drug-likeness (QED) is 0.558. The maximum Gasteiger partial charge on any atom is 0.262 e. The number of nitrogens with one attached hydrogen (secondary N) is 1. The summed E-state index contributed by atoms with van der Waals surface area (Å²) in [5.74, 6) is 0.343. The van der Waals surface area contributed by atoms with Gasteiger partial charge in [-0.2, -0.15) is 5.26 Å². The van der Waals surface area contributed by atoms with Gasteiger partial charge in [0, 0.05) is 20.1 Å². The molecule has 1 aromatic carbocycles. The number of amides is 2. The molecule has 144 valence electrons. The summed E-state index contributed by atoms with van der Waals surface area (Å²) in [4.78, 5) is 25.6. The summed E-state index contributed by atoms with van der Waals surface area (Å²) in [6, 6.07) is 7.19. The molecule has 1 atom stereocenters. The number of ether oxygens (including phenoxy) is 2. The second-order valence-corrected chi connectivity index (χ2v) is 6.55. The van der Waals surface area contributed by atoms with Gasteiger partial charge >= 0.3 is 0 Å². The second-order valence-electron chi connectivity index (χ2n) is 6.55. The number of hydrogen-bond donors (Lipinski definition) is 1. The van der Waals surface area contributed by atoms with E-state index in [2.05, 4.69) is 5.32 Å². The van der Waals surface area contributed by atoms with Crippen molar-refractivity contribution < 1.29 is 19.1 Å². The van der Waals surface area contributed by atoms with Gasteiger partial charge in [0.05, 0.1) is 6.61 Å². The van der Waals surface area contributed by atoms with Crippen molar-refractivity contribution in [3.8, 4) is 17.6 Å². The monoisotopic (exact) mass is 371 g/mol. The van der Waals surface area contributed by atoms with Crippen molar-refractivity contribution in [2.24, 2.45) is 0 Å². The number of nitrogens with zero attached hydrogens (tertiary/aromatic N) is 2. The molecule has 7 heteroatoms. The zero-order valence-corrected chi connectivity index (χ0v) is 16.1. The Bertz CT molecular complexity index is 776. The van der Waals surface area contributed by atoms with Gasteiger partial charge in [0.2, 0.25) is 0 Å². The average Bonchev–Trinajstić information content (AvgIpc) is 3.44. The van der Waals surface area contributed by atoms with Gasteiger partial charge in [-0.05, 0) is 50.5 Å². The highest BCUT2D eigenvalue weighted by Crippen LogP contribution is 2.30. The fraction of sp³-hybridized carbons (Fsp3) is 0.450. The van der Waals surface area contributed by atoms with Gasteiger partial charge in [-0.3, -0.25) is 9.59 Å². The highest BCUT2D eigenvalue weighted by atomic mass is 16.5. The number of likely N-dealkylation sites (N-methyl/N-ethyl adjacent to an activating group) is 1. The largest absolute Gasteiger partial charge is 0.490 e. The Balaban J connectivity index is 2.22. The lowest BCUT2D eigenvalue weighted by molar-refractivity contribution is -0.135. The Morgan fingerprint density at radius 2 is 2.07 bits per heavy atom. The molecule has 1 N–H and O–H groups in total. The Hall–Kier alpha value is -3.01. The number of nitriles is 1. The lowest BCUT2D eigenvalue weighted by atomic mass is 10.1. The van der Waals surface area contributed by atoms with Crippen LogP contribution in [0.25, 0.3) is 6.08 Å². The van der Waals surface area contributed by atoms with E-state index in [1.54, 1.807) is 39.2 Å². The second kappa shape index (κ2) is 9.08. The van der Waals surface area contributed by atoms with E-state index in [4.69, 9.17) is 9.47 Å². The summed E-state index contributed by atoms with van der Waals surface area (Å²) in [6.07, 6.45) is 2.75. The lowest BCUT2D eigenvalue weighted by Gasteiger charge is -2.20. The van der Waals surface area contributed by atoms with Gasteiger partial charge < -0.3 is 19.7 Å². The maximum absolute atomic E-state index is 12.1. The number of benzene rings is 1. The first-order chi connectivity index (χ1) is 12.8. The van der Waals surface area contributed by atoms with Gasteiger partial charge in [0.25, 0.3) is 11.8 Å². The van der Waals surface area contributed by atoms with E-state index in [1.165, 1.54) is 11.0 Å². The van der Waals surface area contributed by atoms with E-state index < -0.39 is 6.10 Å². The number of carbonyl (C=O) groups excluding carboxylic acids is 2. The third-order valence-electron chi connectivity index (χ3n) is 3.95. The van der Waals surface area contributed by atoms with Gasteiger partial charge in [-0.25, -0.2) is 0 Å². The summed E-state index contributed by atoms with van der Waals surface area (Å²) >= 11 is 0. The molecular formula is C20H25N3O4. The van der Waals surface area contributed by atoms with Crippen LogP contribution in [-0.4, -0.2) is 49.6 Å². The van der Waals surface area contributed by atoms with Crippen molar-refractivity contribution in [3.05, 3.63) is 29.3 Å². The van der Waals surface area contributed by atoms with Crippen LogP contribution in [0.1, 0.15) is 32.3 Å². The molecule has 0 aliphatic heterocycles. The third kappa shape index (κ3) is 5.74. The third-order valence-corrected chi connectivity index (χ3v) is 3.95. The number of carbonyl (C=O) groups is 2. The Kier molecular flexibility index (Phi) is 6.83. The topological polar surface area (TPSA) is 91.7 Å².